The van der Waals surface area contributed by atoms with Gasteiger partial charge in [0.2, 0.25) is 0 Å². The van der Waals surface area contributed by atoms with Crippen LogP contribution in [0.5, 0.6) is 0 Å². The van der Waals surface area contributed by atoms with Gasteiger partial charge in [-0.05, 0) is 45.3 Å². The van der Waals surface area contributed by atoms with E-state index in [1.807, 2.05) is 13.8 Å². The summed E-state index contributed by atoms with van der Waals surface area (Å²) >= 11 is 0. The Balaban J connectivity index is 4.53. The van der Waals surface area contributed by atoms with Crippen molar-refractivity contribution in [3.63, 3.8) is 0 Å². The van der Waals surface area contributed by atoms with E-state index in [-0.39, 0.29) is 11.6 Å². The summed E-state index contributed by atoms with van der Waals surface area (Å²) in [6.45, 7) is 9.09. The molecule has 0 saturated carbocycles. The van der Waals surface area contributed by atoms with Gasteiger partial charge in [-0.3, -0.25) is 4.79 Å². The third-order valence-corrected chi connectivity index (χ3v) is 3.13. The molecule has 0 heterocycles. The molecule has 21 heavy (non-hydrogen) atoms. The molecule has 0 amide bonds. The van der Waals surface area contributed by atoms with E-state index in [0.29, 0.717) is 31.4 Å². The van der Waals surface area contributed by atoms with Crippen LogP contribution in [-0.4, -0.2) is 24.1 Å². The van der Waals surface area contributed by atoms with Gasteiger partial charge in [-0.2, -0.15) is 0 Å². The van der Waals surface area contributed by atoms with Gasteiger partial charge in [-0.15, -0.1) is 0 Å². The summed E-state index contributed by atoms with van der Waals surface area (Å²) in [5, 5.41) is 0. The van der Waals surface area contributed by atoms with Crippen LogP contribution in [0.15, 0.2) is 23.8 Å². The van der Waals surface area contributed by atoms with Gasteiger partial charge >= 0.3 is 5.97 Å². The van der Waals surface area contributed by atoms with Crippen molar-refractivity contribution in [1.29, 1.82) is 0 Å². The zero-order valence-electron chi connectivity index (χ0n) is 13.7. The number of hydrogen-bond acceptors (Lipinski definition) is 4. The molecule has 0 aromatic carbocycles. The van der Waals surface area contributed by atoms with Gasteiger partial charge in [-0.25, -0.2) is 4.79 Å². The van der Waals surface area contributed by atoms with Crippen LogP contribution in [0, 0.1) is 5.41 Å². The Morgan fingerprint density at radius 3 is 2.24 bits per heavy atom. The van der Waals surface area contributed by atoms with Gasteiger partial charge in [0, 0.05) is 17.9 Å². The number of esters is 1. The van der Waals surface area contributed by atoms with Crippen LogP contribution in [0.1, 0.15) is 53.9 Å². The molecule has 0 aliphatic rings. The molecule has 0 spiro atoms. The molecule has 0 atom stereocenters. The third kappa shape index (κ3) is 8.95. The molecule has 4 nitrogen and oxygen atoms in total. The summed E-state index contributed by atoms with van der Waals surface area (Å²) in [5.74, 6) is -0.280. The highest BCUT2D eigenvalue weighted by molar-refractivity contribution is 5.95. The van der Waals surface area contributed by atoms with E-state index in [0.717, 1.165) is 0 Å². The quantitative estimate of drug-likeness (QED) is 0.371. The van der Waals surface area contributed by atoms with Crippen molar-refractivity contribution < 1.29 is 19.1 Å². The summed E-state index contributed by atoms with van der Waals surface area (Å²) in [4.78, 5) is 34.3. The van der Waals surface area contributed by atoms with E-state index in [4.69, 9.17) is 4.74 Å². The van der Waals surface area contributed by atoms with Crippen LogP contribution < -0.4 is 0 Å². The zero-order valence-corrected chi connectivity index (χ0v) is 13.7. The Hall–Kier alpha value is -1.71. The lowest BCUT2D eigenvalue weighted by atomic mass is 9.82. The van der Waals surface area contributed by atoms with Gasteiger partial charge in [-0.1, -0.05) is 19.9 Å². The molecule has 118 valence electrons. The van der Waals surface area contributed by atoms with Gasteiger partial charge in [0.05, 0.1) is 6.61 Å². The Labute approximate surface area is 127 Å². The first-order chi connectivity index (χ1) is 9.69. The van der Waals surface area contributed by atoms with E-state index in [1.165, 1.54) is 12.2 Å². The first-order valence-corrected chi connectivity index (χ1v) is 7.26. The normalized spacial score (nSPS) is 12.5. The van der Waals surface area contributed by atoms with Gasteiger partial charge in [0.1, 0.15) is 5.78 Å². The molecule has 0 aliphatic carbocycles. The van der Waals surface area contributed by atoms with Crippen LogP contribution in [-0.2, 0) is 19.1 Å². The Kier molecular flexibility index (Phi) is 8.51. The molecule has 0 unspecified atom stereocenters. The molecular weight excluding hydrogens is 268 g/mol. The number of rotatable bonds is 9. The summed E-state index contributed by atoms with van der Waals surface area (Å²) in [7, 11) is 0. The number of carbonyl (C=O) groups is 3. The monoisotopic (exact) mass is 294 g/mol. The minimum atomic E-state index is -0.504. The average molecular weight is 294 g/mol. The highest BCUT2D eigenvalue weighted by Crippen LogP contribution is 2.25. The molecule has 0 bridgehead atoms. The van der Waals surface area contributed by atoms with Crippen LogP contribution in [0.3, 0.4) is 0 Å². The lowest BCUT2D eigenvalue weighted by molar-refractivity contribution is -0.137. The SMILES string of the molecule is CCOC(=O)C=C(C)C=CC(=O)C(C)(C)CCCC(C)=O. The van der Waals surface area contributed by atoms with E-state index in [2.05, 4.69) is 0 Å². The first-order valence-electron chi connectivity index (χ1n) is 7.26. The van der Waals surface area contributed by atoms with E-state index < -0.39 is 11.4 Å². The maximum absolute atomic E-state index is 12.1. The second kappa shape index (κ2) is 9.27. The molecule has 0 aromatic rings. The number of allylic oxidation sites excluding steroid dienone is 3. The minimum absolute atomic E-state index is 0.0114. The van der Waals surface area contributed by atoms with Crippen LogP contribution in [0.2, 0.25) is 0 Å². The third-order valence-electron chi connectivity index (χ3n) is 3.13. The average Bonchev–Trinajstić information content (AvgIpc) is 2.35. The van der Waals surface area contributed by atoms with Crippen molar-refractivity contribution in [2.75, 3.05) is 6.61 Å². The summed E-state index contributed by atoms with van der Waals surface area (Å²) in [6.07, 6.45) is 6.33. The van der Waals surface area contributed by atoms with Gasteiger partial charge < -0.3 is 9.53 Å². The molecule has 0 aromatic heterocycles. The second-order valence-corrected chi connectivity index (χ2v) is 5.78. The molecule has 4 heteroatoms. The second-order valence-electron chi connectivity index (χ2n) is 5.78. The first kappa shape index (κ1) is 19.3. The number of ketones is 2. The molecule has 0 saturated heterocycles. The van der Waals surface area contributed by atoms with Crippen LogP contribution in [0.4, 0.5) is 0 Å². The standard InChI is InChI=1S/C17H26O4/c1-6-21-16(20)12-13(2)9-10-15(19)17(4,5)11-7-8-14(3)18/h9-10,12H,6-8,11H2,1-5H3. The van der Waals surface area contributed by atoms with Crippen molar-refractivity contribution in [3.05, 3.63) is 23.8 Å². The molecule has 0 rings (SSSR count). The number of hydrogen-bond donors (Lipinski definition) is 0. The highest BCUT2D eigenvalue weighted by Gasteiger charge is 2.24. The number of ether oxygens (including phenoxy) is 1. The predicted molar refractivity (Wildman–Crippen MR) is 82.9 cm³/mol. The lowest BCUT2D eigenvalue weighted by Gasteiger charge is -2.20. The van der Waals surface area contributed by atoms with E-state index >= 15 is 0 Å². The predicted octanol–water partition coefficient (Wildman–Crippen LogP) is 3.41. The summed E-state index contributed by atoms with van der Waals surface area (Å²) in [6, 6.07) is 0. The molecular formula is C17H26O4. The highest BCUT2D eigenvalue weighted by atomic mass is 16.5. The van der Waals surface area contributed by atoms with Crippen molar-refractivity contribution in [2.45, 2.75) is 53.9 Å². The largest absolute Gasteiger partial charge is 0.463 e. The molecule has 0 fully saturated rings. The number of Topliss-reactive ketones (excluding diaryl/α,β-unsaturated/α-hetero) is 1. The maximum atomic E-state index is 12.1. The van der Waals surface area contributed by atoms with Crippen molar-refractivity contribution in [1.82, 2.24) is 0 Å². The van der Waals surface area contributed by atoms with Gasteiger partial charge in [0.25, 0.3) is 0 Å². The van der Waals surface area contributed by atoms with E-state index in [9.17, 15) is 14.4 Å². The van der Waals surface area contributed by atoms with Crippen molar-refractivity contribution >= 4 is 17.5 Å². The van der Waals surface area contributed by atoms with Gasteiger partial charge in [0.15, 0.2) is 5.78 Å². The Morgan fingerprint density at radius 1 is 1.10 bits per heavy atom. The minimum Gasteiger partial charge on any atom is -0.463 e. The zero-order chi connectivity index (χ0) is 16.5. The lowest BCUT2D eigenvalue weighted by Crippen LogP contribution is -2.22. The van der Waals surface area contributed by atoms with E-state index in [1.54, 1.807) is 26.8 Å². The Bertz CT molecular complexity index is 442. The molecule has 0 N–H and O–H groups in total. The Morgan fingerprint density at radius 2 is 1.71 bits per heavy atom. The molecule has 0 aliphatic heterocycles. The summed E-state index contributed by atoms with van der Waals surface area (Å²) in [5.41, 5.74) is 0.164. The van der Waals surface area contributed by atoms with Crippen LogP contribution in [0.25, 0.3) is 0 Å². The maximum Gasteiger partial charge on any atom is 0.330 e. The van der Waals surface area contributed by atoms with Crippen molar-refractivity contribution in [2.24, 2.45) is 5.41 Å². The molecule has 0 radical (unpaired) electrons. The topological polar surface area (TPSA) is 60.4 Å². The fourth-order valence-electron chi connectivity index (χ4n) is 1.75. The van der Waals surface area contributed by atoms with Crippen LogP contribution >= 0.6 is 0 Å². The fraction of sp³-hybridized carbons (Fsp3) is 0.588. The fourth-order valence-corrected chi connectivity index (χ4v) is 1.75. The van der Waals surface area contributed by atoms with Crippen molar-refractivity contribution in [3.8, 4) is 0 Å². The smallest absolute Gasteiger partial charge is 0.330 e. The summed E-state index contributed by atoms with van der Waals surface area (Å²) < 4.78 is 4.80. The number of carbonyl (C=O) groups excluding carboxylic acids is 3.